The third-order valence-electron chi connectivity index (χ3n) is 8.54. The van der Waals surface area contributed by atoms with Gasteiger partial charge in [0.25, 0.3) is 0 Å². The van der Waals surface area contributed by atoms with Crippen LogP contribution in [-0.2, 0) is 0 Å². The maximum atomic E-state index is 10.2. The van der Waals surface area contributed by atoms with Crippen LogP contribution in [0.4, 0.5) is 0 Å². The van der Waals surface area contributed by atoms with Crippen LogP contribution in [0.5, 0.6) is 0 Å². The number of nitrogens with zero attached hydrogens (tertiary/aromatic N) is 4. The highest BCUT2D eigenvalue weighted by Gasteiger charge is 2.21. The summed E-state index contributed by atoms with van der Waals surface area (Å²) in [5.41, 5.74) is -7.27. The molecule has 0 spiro atoms. The molecule has 2 aromatic heterocycles. The van der Waals surface area contributed by atoms with Gasteiger partial charge in [0.2, 0.25) is 0 Å². The average molecular weight is 733 g/mol. The molecule has 0 aliphatic carbocycles. The molecule has 2 heterocycles. The smallest absolute Gasteiger partial charge is 0.166 e. The second kappa shape index (κ2) is 12.6. The average Bonchev–Trinajstić information content (AvgIpc) is 1.68. The van der Waals surface area contributed by atoms with E-state index >= 15 is 0 Å². The van der Waals surface area contributed by atoms with Crippen LogP contribution in [0.25, 0.3) is 105 Å². The Hall–Kier alpha value is -7.43. The quantitative estimate of drug-likeness (QED) is 0.166. The van der Waals surface area contributed by atoms with E-state index in [2.05, 4.69) is 15.0 Å². The topological polar surface area (TPSA) is 43.6 Å². The van der Waals surface area contributed by atoms with E-state index in [4.69, 9.17) is 31.5 Å². The van der Waals surface area contributed by atoms with E-state index in [1.165, 1.54) is 0 Å². The Morgan fingerprint density at radius 2 is 0.745 bits per heavy atom. The highest BCUT2D eigenvalue weighted by molar-refractivity contribution is 6.25. The monoisotopic (exact) mass is 732 g/mol. The molecule has 256 valence electrons. The Morgan fingerprint density at radius 1 is 0.309 bits per heavy atom. The zero-order valence-electron chi connectivity index (χ0n) is 59.3. The number of hydrogen-bond donors (Lipinski definition) is 0. The maximum absolute atomic E-state index is 10.2. The van der Waals surface area contributed by atoms with Crippen molar-refractivity contribution in [2.24, 2.45) is 0 Å². The fraction of sp³-hybridized carbons (Fsp3) is 0. The summed E-state index contributed by atoms with van der Waals surface area (Å²) >= 11 is 0. The largest absolute Gasteiger partial charge is 0.308 e. The van der Waals surface area contributed by atoms with Gasteiger partial charge in [-0.25, -0.2) is 15.0 Å². The van der Waals surface area contributed by atoms with Crippen molar-refractivity contribution >= 4 is 54.1 Å². The minimum absolute atomic E-state index is 0.527. The molecule has 0 amide bonds. The molecule has 11 aromatic rings. The van der Waals surface area contributed by atoms with Crippen molar-refractivity contribution in [3.05, 3.63) is 193 Å². The van der Waals surface area contributed by atoms with Crippen LogP contribution in [0.15, 0.2) is 193 Å². The minimum atomic E-state index is -1.23. The van der Waals surface area contributed by atoms with E-state index in [1.54, 1.807) is 0 Å². The second-order valence-electron chi connectivity index (χ2n) is 11.6. The summed E-state index contributed by atoms with van der Waals surface area (Å²) < 4.78 is 290. The number of hydrogen-bond acceptors (Lipinski definition) is 3. The van der Waals surface area contributed by atoms with Gasteiger partial charge in [-0.15, -0.1) is 0 Å². The van der Waals surface area contributed by atoms with E-state index in [0.717, 1.165) is 0 Å². The van der Waals surface area contributed by atoms with Gasteiger partial charge in [0, 0.05) is 27.5 Å². The molecule has 0 atom stereocenters. The van der Waals surface area contributed by atoms with Crippen LogP contribution in [0, 0.1) is 0 Å². The molecule has 0 aliphatic heterocycles. The van der Waals surface area contributed by atoms with Crippen molar-refractivity contribution in [1.82, 2.24) is 19.5 Å². The summed E-state index contributed by atoms with van der Waals surface area (Å²) in [6.45, 7) is 0. The van der Waals surface area contributed by atoms with Crippen molar-refractivity contribution in [2.45, 2.75) is 0 Å². The summed E-state index contributed by atoms with van der Waals surface area (Å²) in [7, 11) is 0. The molecule has 4 nitrogen and oxygen atoms in total. The molecule has 0 saturated heterocycles. The van der Waals surface area contributed by atoms with Crippen LogP contribution in [-0.4, -0.2) is 19.5 Å². The highest BCUT2D eigenvalue weighted by Crippen LogP contribution is 2.40. The molecule has 9 aromatic carbocycles. The predicted molar refractivity (Wildman–Crippen MR) is 228 cm³/mol. The summed E-state index contributed by atoms with van der Waals surface area (Å²) in [4.78, 5) is 13.4. The first-order valence-electron chi connectivity index (χ1n) is 32.0. The lowest BCUT2D eigenvalue weighted by Crippen LogP contribution is -2.04. The Bertz CT molecular complexity index is 4960. The molecule has 0 unspecified atom stereocenters. The molecule has 11 rings (SSSR count). The zero-order valence-corrected chi connectivity index (χ0v) is 27.3. The van der Waals surface area contributed by atoms with Crippen molar-refractivity contribution in [2.75, 3.05) is 0 Å². The Labute approximate surface area is 362 Å². The molecule has 0 radical (unpaired) electrons. The van der Waals surface area contributed by atoms with Gasteiger partial charge in [0.05, 0.1) is 60.6 Å². The van der Waals surface area contributed by atoms with Gasteiger partial charge in [0.1, 0.15) is 0 Å². The van der Waals surface area contributed by atoms with Gasteiger partial charge in [-0.1, -0.05) is 163 Å². The molecule has 55 heavy (non-hydrogen) atoms. The van der Waals surface area contributed by atoms with E-state index in [0.29, 0.717) is 4.57 Å². The molecule has 0 saturated carbocycles. The second-order valence-corrected chi connectivity index (χ2v) is 11.6. The SMILES string of the molecule is [2H]c1c([2H])c([2H])c(-c2nc(-c3c([2H])c([2H])c(-c4c([2H])c([2H])c([2H])c([2H])c4[2H])c([2H])c3-n3c4c([2H])c([2H])c([2H])c([2H])c4c4c([2H])c([2H])c([2H])c([2H])c43)nc(-c3c([2H])c([2H])c4c5c([2H])c([2H])c([2H])c([2H])c5c5c([2H])c([2H])c([2H])c([2H])c5c4c3[2H])n2)c([2H])c1[2H]. The lowest BCUT2D eigenvalue weighted by Gasteiger charge is -2.16. The van der Waals surface area contributed by atoms with E-state index in [-0.39, 0.29) is 0 Å². The van der Waals surface area contributed by atoms with Crippen molar-refractivity contribution in [3.63, 3.8) is 0 Å². The molecule has 0 N–H and O–H groups in total. The normalized spacial score (nSPS) is 19.8. The van der Waals surface area contributed by atoms with Gasteiger partial charge in [-0.3, -0.25) is 0 Å². The summed E-state index contributed by atoms with van der Waals surface area (Å²) in [5.74, 6) is -3.15. The number of fused-ring (bicyclic) bond motifs is 9. The first kappa shape index (κ1) is 12.9. The molecule has 0 fully saturated rings. The van der Waals surface area contributed by atoms with E-state index in [1.807, 2.05) is 0 Å². The van der Waals surface area contributed by atoms with Crippen LogP contribution < -0.4 is 0 Å². The van der Waals surface area contributed by atoms with Gasteiger partial charge in [-0.05, 0) is 73.7 Å². The van der Waals surface area contributed by atoms with Crippen LogP contribution in [0.1, 0.15) is 43.9 Å². The van der Waals surface area contributed by atoms with Crippen LogP contribution in [0.3, 0.4) is 0 Å². The van der Waals surface area contributed by atoms with Gasteiger partial charge in [0.15, 0.2) is 17.5 Å². The maximum Gasteiger partial charge on any atom is 0.166 e. The van der Waals surface area contributed by atoms with Gasteiger partial charge < -0.3 is 4.57 Å². The fourth-order valence-electron chi connectivity index (χ4n) is 6.21. The molecular formula is C51H32N4. The lowest BCUT2D eigenvalue weighted by atomic mass is 9.93. The molecule has 4 heteroatoms. The lowest BCUT2D eigenvalue weighted by molar-refractivity contribution is 1.07. The first-order valence-corrected chi connectivity index (χ1v) is 16.0. The minimum Gasteiger partial charge on any atom is -0.308 e. The van der Waals surface area contributed by atoms with Crippen LogP contribution in [0.2, 0.25) is 0 Å². The van der Waals surface area contributed by atoms with Crippen molar-refractivity contribution in [3.8, 4) is 51.0 Å². The Balaban J connectivity index is 1.44. The van der Waals surface area contributed by atoms with E-state index in [9.17, 15) is 12.3 Å². The Morgan fingerprint density at radius 3 is 1.35 bits per heavy atom. The summed E-state index contributed by atoms with van der Waals surface area (Å²) in [6, 6.07) is -31.6. The molecular weight excluding hydrogens is 669 g/mol. The standard InChI is InChI=1S/C51H32N4/c1-3-15-33(16-4-1)35-27-30-44(48(32-35)55-46-25-13-11-23-42(46)43-24-12-14-26-47(43)55)51-53-49(34-17-5-2-6-18-34)52-50(54-51)36-28-29-41-39-21-8-7-19-37(39)38-20-9-10-22-40(38)45(41)31-36/h1-32H/i1D,2D,3D,4D,5D,6D,7D,8D,9D,10D,11D,12D,13D,14D,15D,16D,17D,18D,19D,20D,21D,22D,23D,24D,25D,26D,27D,28D,29D,30D,31D,32D. The third kappa shape index (κ3) is 5.11. The van der Waals surface area contributed by atoms with Crippen molar-refractivity contribution in [1.29, 1.82) is 0 Å². The zero-order chi connectivity index (χ0) is 64.1. The van der Waals surface area contributed by atoms with Gasteiger partial charge in [-0.2, -0.15) is 0 Å². The molecule has 0 bridgehead atoms. The number of para-hydroxylation sites is 2. The predicted octanol–water partition coefficient (Wildman–Crippen LogP) is 13.1. The Kier molecular flexibility index (Phi) is 2.95. The third-order valence-corrected chi connectivity index (χ3v) is 8.54. The number of benzene rings is 9. The summed E-state index contributed by atoms with van der Waals surface area (Å²) in [6.07, 6.45) is 0. The fourth-order valence-corrected chi connectivity index (χ4v) is 6.21. The highest BCUT2D eigenvalue weighted by atomic mass is 15.1. The van der Waals surface area contributed by atoms with Gasteiger partial charge >= 0.3 is 0 Å². The number of rotatable bonds is 5. The first-order chi connectivity index (χ1) is 40.6. The van der Waals surface area contributed by atoms with Crippen molar-refractivity contribution < 1.29 is 43.9 Å². The number of aromatic nitrogens is 4. The molecule has 0 aliphatic rings. The summed E-state index contributed by atoms with van der Waals surface area (Å²) in [5, 5.41) is -4.84. The van der Waals surface area contributed by atoms with Crippen LogP contribution >= 0.6 is 0 Å². The van der Waals surface area contributed by atoms with E-state index < -0.39 is 298 Å².